The largest absolute Gasteiger partial charge is 0.269 e. The molecule has 0 spiro atoms. The molecule has 8 aliphatic rings. The summed E-state index contributed by atoms with van der Waals surface area (Å²) in [7, 11) is 0. The van der Waals surface area contributed by atoms with Crippen LogP contribution >= 0.6 is 0 Å². The van der Waals surface area contributed by atoms with E-state index < -0.39 is 47.3 Å². The monoisotopic (exact) mass is 1900 g/mol. The number of rotatable bonds is 26. The van der Waals surface area contributed by atoms with E-state index in [-0.39, 0.29) is 70.9 Å². The van der Waals surface area contributed by atoms with Crippen LogP contribution in [0.4, 0.5) is 45.5 Å². The van der Waals surface area contributed by atoms with Gasteiger partial charge in [0.05, 0.1) is 45.5 Å². The Morgan fingerprint density at radius 3 is 0.424 bits per heavy atom. The summed E-state index contributed by atoms with van der Waals surface area (Å²) < 4.78 is 0. The first-order chi connectivity index (χ1) is 69.5. The zero-order chi connectivity index (χ0) is 101. The van der Waals surface area contributed by atoms with E-state index in [1.807, 2.05) is 177 Å². The van der Waals surface area contributed by atoms with Crippen LogP contribution < -0.4 is 39.2 Å². The summed E-state index contributed by atoms with van der Waals surface area (Å²) in [6.45, 7) is 15.7. The molecule has 0 aromatic heterocycles. The predicted octanol–water partition coefficient (Wildman–Crippen LogP) is 18.3. The van der Waals surface area contributed by atoms with Crippen molar-refractivity contribution in [1.29, 1.82) is 0 Å². The van der Waals surface area contributed by atoms with Gasteiger partial charge in [-0.15, -0.1) is 0 Å². The van der Waals surface area contributed by atoms with E-state index in [4.69, 9.17) is 0 Å². The summed E-state index contributed by atoms with van der Waals surface area (Å²) in [5.74, 6) is -7.69. The van der Waals surface area contributed by atoms with E-state index in [2.05, 4.69) is 72.8 Å². The molecule has 20 rings (SSSR count). The highest BCUT2D eigenvalue weighted by atomic mass is 16.2. The maximum absolute atomic E-state index is 13.0. The lowest BCUT2D eigenvalue weighted by Crippen LogP contribution is -2.31. The molecule has 8 heterocycles. The van der Waals surface area contributed by atoms with Crippen molar-refractivity contribution in [2.24, 2.45) is 0 Å². The number of hydrogen-bond donors (Lipinski definition) is 0. The minimum Gasteiger partial charge on any atom is -0.269 e. The molecule has 0 radical (unpaired) electrons. The van der Waals surface area contributed by atoms with Crippen molar-refractivity contribution >= 4 is 140 Å². The molecule has 0 saturated heterocycles. The number of carbonyl (C=O) groups is 16. The van der Waals surface area contributed by atoms with Gasteiger partial charge in [0.1, 0.15) is 0 Å². The van der Waals surface area contributed by atoms with Crippen molar-refractivity contribution in [3.05, 3.63) is 451 Å². The number of benzene rings is 12. The van der Waals surface area contributed by atoms with Gasteiger partial charge in [0.25, 0.3) is 94.5 Å². The number of hydrogen-bond acceptors (Lipinski definition) is 16. The quantitative estimate of drug-likeness (QED) is 0.0359. The van der Waals surface area contributed by atoms with Crippen molar-refractivity contribution in [2.45, 2.75) is 105 Å². The van der Waals surface area contributed by atoms with Gasteiger partial charge in [-0.1, -0.05) is 222 Å². The van der Waals surface area contributed by atoms with Crippen LogP contribution in [0.3, 0.4) is 0 Å². The molecule has 0 fully saturated rings. The molecular weight excluding hydrogens is 1810 g/mol. The molecule has 0 saturated carbocycles. The molecule has 16 amide bonds. The third-order valence-electron chi connectivity index (χ3n) is 27.4. The van der Waals surface area contributed by atoms with Crippen LogP contribution in [0.2, 0.25) is 0 Å². The second-order valence-corrected chi connectivity index (χ2v) is 36.1. The van der Waals surface area contributed by atoms with E-state index in [0.29, 0.717) is 71.2 Å². The summed E-state index contributed by atoms with van der Waals surface area (Å²) in [4.78, 5) is 213. The summed E-state index contributed by atoms with van der Waals surface area (Å²) in [5, 5.41) is 0. The Morgan fingerprint density at radius 1 is 0.160 bits per heavy atom. The average Bonchev–Trinajstić information content (AvgIpc) is 1.49. The number of aryl methyl sites for hydroxylation is 8. The first-order valence-corrected chi connectivity index (χ1v) is 47.3. The van der Waals surface area contributed by atoms with E-state index in [1.165, 1.54) is 117 Å². The fraction of sp³-hybridized carbons (Fsp3) is 0.133. The molecule has 144 heavy (non-hydrogen) atoms. The SMILES string of the molecule is CCc1cc(C(c2ccc(-c3ccc(C(c4cc(C)c(N5C(=O)C=CC5=O)c(CC)c4)c4cc(C)c(N5C(=O)C=CC5=O)c(CC)c4)cc3)cc2)c2cc(C)c(N3C(=O)C=CC3=O)c(CC)c2)cc(C)c1N1C(=O)C=CC1=O.O=C1C=CC(=O)N1c1ccc(C(c2ccc(-c3ccc(C(c4ccc(N5C(=O)C=CC5=O)cc4)c4ccc(N5C(=O)C=CC5=O)cc4)cc3)cc2)c2ccc(N3C(=O)C=CC3=O)cc2)cc1. The molecule has 12 aromatic rings. The molecule has 24 nitrogen and oxygen atoms in total. The number of amides is 16. The number of imide groups is 8. The van der Waals surface area contributed by atoms with Gasteiger partial charge in [0.2, 0.25) is 0 Å². The van der Waals surface area contributed by atoms with Crippen molar-refractivity contribution in [3.63, 3.8) is 0 Å². The van der Waals surface area contributed by atoms with Crippen LogP contribution in [0, 0.1) is 27.7 Å². The molecule has 0 unspecified atom stereocenters. The number of carbonyl (C=O) groups excluding carboxylic acids is 16. The maximum atomic E-state index is 13.0. The normalized spacial score (nSPS) is 15.5. The van der Waals surface area contributed by atoms with Gasteiger partial charge in [0, 0.05) is 121 Å². The lowest BCUT2D eigenvalue weighted by molar-refractivity contribution is -0.121. The van der Waals surface area contributed by atoms with Crippen molar-refractivity contribution in [3.8, 4) is 22.3 Å². The zero-order valence-corrected chi connectivity index (χ0v) is 79.6. The fourth-order valence-electron chi connectivity index (χ4n) is 20.7. The summed E-state index contributed by atoms with van der Waals surface area (Å²) in [6, 6.07) is 78.4. The fourth-order valence-corrected chi connectivity index (χ4v) is 20.7. The second-order valence-electron chi connectivity index (χ2n) is 36.1. The highest BCUT2D eigenvalue weighted by molar-refractivity contribution is 6.34. The number of anilines is 8. The first-order valence-electron chi connectivity index (χ1n) is 47.3. The second kappa shape index (κ2) is 38.8. The van der Waals surface area contributed by atoms with Crippen molar-refractivity contribution < 1.29 is 76.7 Å². The Hall–Kier alpha value is -18.3. The molecule has 0 aliphatic carbocycles. The summed E-state index contributed by atoms with van der Waals surface area (Å²) in [5.41, 5.74) is 25.5. The van der Waals surface area contributed by atoms with Crippen LogP contribution in [0.25, 0.3) is 22.3 Å². The van der Waals surface area contributed by atoms with E-state index in [9.17, 15) is 76.7 Å². The third kappa shape index (κ3) is 17.5. The Kier molecular flexibility index (Phi) is 25.5. The van der Waals surface area contributed by atoms with E-state index >= 15 is 0 Å². The lowest BCUT2D eigenvalue weighted by atomic mass is 9.80. The van der Waals surface area contributed by atoms with Gasteiger partial charge in [-0.3, -0.25) is 76.7 Å². The predicted molar refractivity (Wildman–Crippen MR) is 549 cm³/mol. The summed E-state index contributed by atoms with van der Waals surface area (Å²) in [6.07, 6.45) is 22.5. The highest BCUT2D eigenvalue weighted by Gasteiger charge is 2.39. The molecular formula is C120H92N8O16. The molecule has 8 aliphatic heterocycles. The average molecular weight is 1900 g/mol. The molecule has 24 heteroatoms. The molecule has 0 bridgehead atoms. The zero-order valence-electron chi connectivity index (χ0n) is 79.6. The minimum absolute atomic E-state index is 0.315. The topological polar surface area (TPSA) is 299 Å². The molecule has 0 N–H and O–H groups in total. The van der Waals surface area contributed by atoms with Gasteiger partial charge in [-0.05, 0) is 235 Å². The third-order valence-corrected chi connectivity index (χ3v) is 27.4. The molecule has 708 valence electrons. The van der Waals surface area contributed by atoms with Crippen molar-refractivity contribution in [2.75, 3.05) is 39.2 Å². The Labute approximate surface area is 829 Å². The Bertz CT molecular complexity index is 6860. The Balaban J connectivity index is 0.000000185. The van der Waals surface area contributed by atoms with Gasteiger partial charge < -0.3 is 0 Å². The minimum atomic E-state index is -0.413. The standard InChI is InChI=1S/C66H58N4O8.C54H34N4O8/c1-9-41-33-49(29-37(5)63(41)67-53(71)21-22-54(67)72)61(50-30-38(6)64(42(10-2)34-50)68-55(73)23-24-56(68)74)47-17-13-45(14-18-47)46-15-19-48(20-16-46)62(51-31-39(7)65(43(11-3)35-51)69-57(75)25-26-58(69)76)52-32-40(8)66(44(12-4)36-52)70-59(77)27-28-60(70)78;59-45-25-26-46(60)55(45)41-17-9-37(10-18-41)53(38-11-19-42(20-12-38)56-47(61)27-28-48(56)62)35-5-1-33(2-6-35)34-3-7-36(8-4-34)54(39-13-21-43(22-14-39)57-49(63)29-30-50(57)64)40-15-23-44(24-16-40)58-51(65)31-32-52(58)66/h13-36,61-62H,9-12H2,1-8H3;1-32,53-54H. The smallest absolute Gasteiger partial charge is 0.258 e. The van der Waals surface area contributed by atoms with Gasteiger partial charge >= 0.3 is 0 Å². The maximum Gasteiger partial charge on any atom is 0.258 e. The van der Waals surface area contributed by atoms with Crippen LogP contribution in [0.15, 0.2) is 340 Å². The number of nitrogens with zero attached hydrogens (tertiary/aromatic N) is 8. The Morgan fingerprint density at radius 2 is 0.285 bits per heavy atom. The molecule has 0 atom stereocenters. The van der Waals surface area contributed by atoms with Crippen LogP contribution in [-0.4, -0.2) is 94.5 Å². The lowest BCUT2D eigenvalue weighted by Gasteiger charge is -2.27. The van der Waals surface area contributed by atoms with Crippen LogP contribution in [0.1, 0.15) is 163 Å². The van der Waals surface area contributed by atoms with Crippen LogP contribution in [-0.2, 0) is 102 Å². The van der Waals surface area contributed by atoms with Gasteiger partial charge in [-0.2, -0.15) is 0 Å². The van der Waals surface area contributed by atoms with E-state index in [1.54, 1.807) is 48.5 Å². The van der Waals surface area contributed by atoms with Gasteiger partial charge in [0.15, 0.2) is 0 Å². The van der Waals surface area contributed by atoms with Crippen LogP contribution in [0.5, 0.6) is 0 Å². The molecule has 12 aromatic carbocycles. The van der Waals surface area contributed by atoms with Gasteiger partial charge in [-0.25, -0.2) is 39.2 Å². The van der Waals surface area contributed by atoms with Crippen molar-refractivity contribution in [1.82, 2.24) is 0 Å². The highest BCUT2D eigenvalue weighted by Crippen LogP contribution is 2.47. The van der Waals surface area contributed by atoms with E-state index in [0.717, 1.165) is 153 Å². The summed E-state index contributed by atoms with van der Waals surface area (Å²) >= 11 is 0. The first kappa shape index (κ1) is 94.6.